The molecule has 1 aliphatic heterocycles. The van der Waals surface area contributed by atoms with Gasteiger partial charge in [0.15, 0.2) is 5.82 Å². The van der Waals surface area contributed by atoms with E-state index in [1.54, 1.807) is 18.3 Å². The SMILES string of the molecule is CCC1CCCCN1c1cnnc(NCCc2ccc(F)cc2)n1. The fourth-order valence-electron chi connectivity index (χ4n) is 3.20. The van der Waals surface area contributed by atoms with Crippen molar-refractivity contribution in [2.45, 2.75) is 45.1 Å². The Morgan fingerprint density at radius 3 is 2.88 bits per heavy atom. The Balaban J connectivity index is 1.59. The van der Waals surface area contributed by atoms with E-state index in [0.717, 1.165) is 30.8 Å². The predicted octanol–water partition coefficient (Wildman–Crippen LogP) is 3.43. The second-order valence-corrected chi connectivity index (χ2v) is 6.19. The summed E-state index contributed by atoms with van der Waals surface area (Å²) in [6, 6.07) is 7.10. The lowest BCUT2D eigenvalue weighted by atomic mass is 10.0. The maximum atomic E-state index is 12.9. The van der Waals surface area contributed by atoms with Crippen LogP contribution in [-0.4, -0.2) is 34.3 Å². The highest BCUT2D eigenvalue weighted by atomic mass is 19.1. The third-order valence-electron chi connectivity index (χ3n) is 4.55. The molecule has 1 fully saturated rings. The van der Waals surface area contributed by atoms with Crippen molar-refractivity contribution < 1.29 is 4.39 Å². The maximum Gasteiger partial charge on any atom is 0.244 e. The lowest BCUT2D eigenvalue weighted by Gasteiger charge is -2.35. The summed E-state index contributed by atoms with van der Waals surface area (Å²) in [6.45, 7) is 3.94. The summed E-state index contributed by atoms with van der Waals surface area (Å²) >= 11 is 0. The smallest absolute Gasteiger partial charge is 0.244 e. The van der Waals surface area contributed by atoms with Crippen molar-refractivity contribution in [3.05, 3.63) is 41.8 Å². The van der Waals surface area contributed by atoms with E-state index in [2.05, 4.69) is 32.3 Å². The van der Waals surface area contributed by atoms with Crippen molar-refractivity contribution in [1.29, 1.82) is 0 Å². The third-order valence-corrected chi connectivity index (χ3v) is 4.55. The van der Waals surface area contributed by atoms with Gasteiger partial charge in [-0.15, -0.1) is 5.10 Å². The third kappa shape index (κ3) is 4.19. The van der Waals surface area contributed by atoms with Gasteiger partial charge in [-0.2, -0.15) is 10.1 Å². The lowest BCUT2D eigenvalue weighted by molar-refractivity contribution is 0.446. The van der Waals surface area contributed by atoms with Crippen molar-refractivity contribution in [2.75, 3.05) is 23.3 Å². The molecule has 2 heterocycles. The Morgan fingerprint density at radius 2 is 2.08 bits per heavy atom. The normalized spacial score (nSPS) is 17.8. The molecule has 1 aromatic heterocycles. The van der Waals surface area contributed by atoms with Gasteiger partial charge in [-0.05, 0) is 49.8 Å². The molecule has 0 spiro atoms. The second-order valence-electron chi connectivity index (χ2n) is 6.19. The minimum Gasteiger partial charge on any atom is -0.353 e. The summed E-state index contributed by atoms with van der Waals surface area (Å²) in [7, 11) is 0. The number of hydrogen-bond donors (Lipinski definition) is 1. The van der Waals surface area contributed by atoms with E-state index in [1.807, 2.05) is 0 Å². The van der Waals surface area contributed by atoms with Crippen LogP contribution in [0.3, 0.4) is 0 Å². The monoisotopic (exact) mass is 329 g/mol. The minimum atomic E-state index is -0.209. The summed E-state index contributed by atoms with van der Waals surface area (Å²) in [5.41, 5.74) is 1.08. The number of hydrogen-bond acceptors (Lipinski definition) is 5. The molecule has 0 radical (unpaired) electrons. The number of benzene rings is 1. The minimum absolute atomic E-state index is 0.209. The van der Waals surface area contributed by atoms with Crippen molar-refractivity contribution in [3.8, 4) is 0 Å². The second kappa shape index (κ2) is 8.04. The van der Waals surface area contributed by atoms with Crippen LogP contribution in [0.2, 0.25) is 0 Å². The summed E-state index contributed by atoms with van der Waals surface area (Å²) in [5.74, 6) is 1.25. The molecule has 1 atom stereocenters. The van der Waals surface area contributed by atoms with Crippen LogP contribution in [0.1, 0.15) is 38.2 Å². The fraction of sp³-hybridized carbons (Fsp3) is 0.500. The largest absolute Gasteiger partial charge is 0.353 e. The number of piperidine rings is 1. The zero-order chi connectivity index (χ0) is 16.8. The summed E-state index contributed by atoms with van der Waals surface area (Å²) in [5, 5.41) is 11.4. The van der Waals surface area contributed by atoms with Crippen molar-refractivity contribution >= 4 is 11.8 Å². The van der Waals surface area contributed by atoms with Crippen LogP contribution in [0.5, 0.6) is 0 Å². The van der Waals surface area contributed by atoms with Crippen molar-refractivity contribution in [1.82, 2.24) is 15.2 Å². The van der Waals surface area contributed by atoms with E-state index in [9.17, 15) is 4.39 Å². The molecule has 1 saturated heterocycles. The summed E-state index contributed by atoms with van der Waals surface area (Å²) in [4.78, 5) is 6.97. The molecule has 1 unspecified atom stereocenters. The molecular formula is C18H24FN5. The molecule has 0 amide bonds. The van der Waals surface area contributed by atoms with Gasteiger partial charge in [0, 0.05) is 19.1 Å². The van der Waals surface area contributed by atoms with Gasteiger partial charge in [-0.1, -0.05) is 19.1 Å². The van der Waals surface area contributed by atoms with E-state index in [1.165, 1.54) is 31.4 Å². The molecule has 6 heteroatoms. The highest BCUT2D eigenvalue weighted by molar-refractivity contribution is 5.42. The number of nitrogens with one attached hydrogen (secondary N) is 1. The highest BCUT2D eigenvalue weighted by Crippen LogP contribution is 2.24. The Hall–Kier alpha value is -2.24. The molecule has 0 bridgehead atoms. The standard InChI is InChI=1S/C18H24FN5/c1-2-16-5-3-4-12-24(16)17-13-21-23-18(22-17)20-11-10-14-6-8-15(19)9-7-14/h6-9,13,16H,2-5,10-12H2,1H3,(H,20,22,23). The Labute approximate surface area is 142 Å². The van der Waals surface area contributed by atoms with E-state index in [4.69, 9.17) is 0 Å². The van der Waals surface area contributed by atoms with E-state index in [0.29, 0.717) is 18.5 Å². The molecule has 24 heavy (non-hydrogen) atoms. The Bertz CT molecular complexity index is 646. The van der Waals surface area contributed by atoms with Crippen LogP contribution in [-0.2, 0) is 6.42 Å². The molecule has 2 aromatic rings. The summed E-state index contributed by atoms with van der Waals surface area (Å²) < 4.78 is 12.9. The number of aromatic nitrogens is 3. The van der Waals surface area contributed by atoms with Gasteiger partial charge in [0.05, 0.1) is 6.20 Å². The van der Waals surface area contributed by atoms with Crippen LogP contribution in [0, 0.1) is 5.82 Å². The fourth-order valence-corrected chi connectivity index (χ4v) is 3.20. The highest BCUT2D eigenvalue weighted by Gasteiger charge is 2.22. The zero-order valence-corrected chi connectivity index (χ0v) is 14.1. The van der Waals surface area contributed by atoms with Gasteiger partial charge in [0.2, 0.25) is 5.95 Å². The van der Waals surface area contributed by atoms with Gasteiger partial charge >= 0.3 is 0 Å². The predicted molar refractivity (Wildman–Crippen MR) is 93.7 cm³/mol. The van der Waals surface area contributed by atoms with Gasteiger partial charge in [0.25, 0.3) is 0 Å². The number of nitrogens with zero attached hydrogens (tertiary/aromatic N) is 4. The Morgan fingerprint density at radius 1 is 1.25 bits per heavy atom. The van der Waals surface area contributed by atoms with Crippen LogP contribution in [0.4, 0.5) is 16.2 Å². The summed E-state index contributed by atoms with van der Waals surface area (Å²) in [6.07, 6.45) is 7.36. The zero-order valence-electron chi connectivity index (χ0n) is 14.1. The van der Waals surface area contributed by atoms with Crippen molar-refractivity contribution in [2.24, 2.45) is 0 Å². The average molecular weight is 329 g/mol. The maximum absolute atomic E-state index is 12.9. The molecule has 0 aliphatic carbocycles. The van der Waals surface area contributed by atoms with E-state index >= 15 is 0 Å². The quantitative estimate of drug-likeness (QED) is 0.880. The number of anilines is 2. The number of halogens is 1. The first-order chi connectivity index (χ1) is 11.8. The van der Waals surface area contributed by atoms with E-state index < -0.39 is 0 Å². The first-order valence-electron chi connectivity index (χ1n) is 8.71. The molecule has 0 saturated carbocycles. The molecule has 1 aromatic carbocycles. The first-order valence-corrected chi connectivity index (χ1v) is 8.71. The topological polar surface area (TPSA) is 53.9 Å². The van der Waals surface area contributed by atoms with Crippen LogP contribution in [0.25, 0.3) is 0 Å². The van der Waals surface area contributed by atoms with Crippen LogP contribution in [0.15, 0.2) is 30.5 Å². The molecule has 1 aliphatic rings. The molecule has 5 nitrogen and oxygen atoms in total. The molecular weight excluding hydrogens is 305 g/mol. The van der Waals surface area contributed by atoms with Gasteiger partial charge in [-0.3, -0.25) is 0 Å². The van der Waals surface area contributed by atoms with Crippen LogP contribution >= 0.6 is 0 Å². The Kier molecular flexibility index (Phi) is 5.56. The molecule has 3 rings (SSSR count). The van der Waals surface area contributed by atoms with E-state index in [-0.39, 0.29) is 5.82 Å². The lowest BCUT2D eigenvalue weighted by Crippen LogP contribution is -2.39. The molecule has 128 valence electrons. The van der Waals surface area contributed by atoms with Gasteiger partial charge in [-0.25, -0.2) is 4.39 Å². The van der Waals surface area contributed by atoms with Gasteiger partial charge in [0.1, 0.15) is 5.82 Å². The van der Waals surface area contributed by atoms with Crippen molar-refractivity contribution in [3.63, 3.8) is 0 Å². The average Bonchev–Trinajstić information content (AvgIpc) is 2.63. The van der Waals surface area contributed by atoms with Gasteiger partial charge < -0.3 is 10.2 Å². The number of rotatable bonds is 6. The first kappa shape index (κ1) is 16.6. The molecule has 1 N–H and O–H groups in total. The van der Waals surface area contributed by atoms with Crippen LogP contribution < -0.4 is 10.2 Å².